The lowest BCUT2D eigenvalue weighted by atomic mass is 10.1. The molecular formula is C27H25N3O5S2. The fourth-order valence-electron chi connectivity index (χ4n) is 3.63. The first kappa shape index (κ1) is 25.9. The summed E-state index contributed by atoms with van der Waals surface area (Å²) >= 11 is 0. The van der Waals surface area contributed by atoms with Gasteiger partial charge in [-0.05, 0) is 67.1 Å². The molecule has 190 valence electrons. The molecule has 0 aliphatic heterocycles. The van der Waals surface area contributed by atoms with Crippen LogP contribution in [0.25, 0.3) is 0 Å². The molecule has 0 aliphatic rings. The molecule has 0 aliphatic carbocycles. The number of para-hydroxylation sites is 2. The van der Waals surface area contributed by atoms with E-state index < -0.39 is 26.0 Å². The van der Waals surface area contributed by atoms with Crippen LogP contribution in [0.3, 0.4) is 0 Å². The number of benzene rings is 4. The molecule has 0 atom stereocenters. The normalized spacial score (nSPS) is 11.5. The number of hydrogen-bond donors (Lipinski definition) is 2. The lowest BCUT2D eigenvalue weighted by Crippen LogP contribution is -2.29. The lowest BCUT2D eigenvalue weighted by molar-refractivity contribution is 0.102. The molecule has 0 bridgehead atoms. The molecule has 10 heteroatoms. The van der Waals surface area contributed by atoms with Crippen molar-refractivity contribution in [2.45, 2.75) is 16.7 Å². The van der Waals surface area contributed by atoms with Crippen LogP contribution in [0.2, 0.25) is 0 Å². The Kier molecular flexibility index (Phi) is 7.33. The maximum Gasteiger partial charge on any atom is 0.264 e. The Hall–Kier alpha value is -4.15. The monoisotopic (exact) mass is 535 g/mol. The third kappa shape index (κ3) is 5.65. The topological polar surface area (TPSA) is 113 Å². The van der Waals surface area contributed by atoms with Crippen LogP contribution >= 0.6 is 0 Å². The smallest absolute Gasteiger partial charge is 0.264 e. The van der Waals surface area contributed by atoms with Crippen molar-refractivity contribution >= 4 is 43.0 Å². The minimum atomic E-state index is -3.89. The fraction of sp³-hybridized carbons (Fsp3) is 0.0741. The standard InChI is InChI=1S/C27H25N3O5S2/c1-20-10-6-8-14-25(20)29-36(32,33)22-18-16-21(17-19-22)28-27(31)24-13-7-9-15-26(24)30(2)37(34,35)23-11-4-3-5-12-23/h3-19,29H,1-2H3,(H,28,31). The van der Waals surface area contributed by atoms with Crippen LogP contribution in [-0.4, -0.2) is 29.8 Å². The molecule has 8 nitrogen and oxygen atoms in total. The van der Waals surface area contributed by atoms with Gasteiger partial charge in [0.05, 0.1) is 26.7 Å². The maximum atomic E-state index is 13.1. The van der Waals surface area contributed by atoms with E-state index in [-0.39, 0.29) is 21.0 Å². The molecule has 0 saturated carbocycles. The van der Waals surface area contributed by atoms with Crippen molar-refractivity contribution < 1.29 is 21.6 Å². The number of aryl methyl sites for hydroxylation is 1. The molecule has 4 rings (SSSR count). The maximum absolute atomic E-state index is 13.1. The first-order chi connectivity index (χ1) is 17.6. The number of hydrogen-bond acceptors (Lipinski definition) is 5. The predicted molar refractivity (Wildman–Crippen MR) is 145 cm³/mol. The van der Waals surface area contributed by atoms with Crippen molar-refractivity contribution in [1.29, 1.82) is 0 Å². The highest BCUT2D eigenvalue weighted by Gasteiger charge is 2.25. The summed E-state index contributed by atoms with van der Waals surface area (Å²) < 4.78 is 55.3. The number of rotatable bonds is 8. The van der Waals surface area contributed by atoms with Gasteiger partial charge in [0.2, 0.25) is 0 Å². The number of anilines is 3. The van der Waals surface area contributed by atoms with Gasteiger partial charge in [-0.1, -0.05) is 48.5 Å². The summed E-state index contributed by atoms with van der Waals surface area (Å²) in [6, 6.07) is 27.0. The Morgan fingerprint density at radius 3 is 1.97 bits per heavy atom. The summed E-state index contributed by atoms with van der Waals surface area (Å²) in [7, 11) is -6.34. The summed E-state index contributed by atoms with van der Waals surface area (Å²) in [6.07, 6.45) is 0. The zero-order valence-corrected chi connectivity index (χ0v) is 21.8. The lowest BCUT2D eigenvalue weighted by Gasteiger charge is -2.22. The van der Waals surface area contributed by atoms with E-state index >= 15 is 0 Å². The highest BCUT2D eigenvalue weighted by Crippen LogP contribution is 2.27. The van der Waals surface area contributed by atoms with Gasteiger partial charge in [-0.25, -0.2) is 16.8 Å². The molecule has 0 spiro atoms. The number of nitrogens with zero attached hydrogens (tertiary/aromatic N) is 1. The summed E-state index contributed by atoms with van der Waals surface area (Å²) in [5.41, 5.74) is 1.95. The van der Waals surface area contributed by atoms with Crippen molar-refractivity contribution in [2.75, 3.05) is 21.4 Å². The van der Waals surface area contributed by atoms with Crippen LogP contribution in [0, 0.1) is 6.92 Å². The third-order valence-electron chi connectivity index (χ3n) is 5.70. The number of carbonyl (C=O) groups excluding carboxylic acids is 1. The first-order valence-electron chi connectivity index (χ1n) is 11.2. The molecule has 0 saturated heterocycles. The van der Waals surface area contributed by atoms with Gasteiger partial charge in [0.25, 0.3) is 26.0 Å². The van der Waals surface area contributed by atoms with Crippen LogP contribution in [-0.2, 0) is 20.0 Å². The fourth-order valence-corrected chi connectivity index (χ4v) is 5.99. The third-order valence-corrected chi connectivity index (χ3v) is 8.87. The zero-order valence-electron chi connectivity index (χ0n) is 20.1. The number of carbonyl (C=O) groups is 1. The van der Waals surface area contributed by atoms with Gasteiger partial charge in [0.1, 0.15) is 0 Å². The SMILES string of the molecule is Cc1ccccc1NS(=O)(=O)c1ccc(NC(=O)c2ccccc2N(C)S(=O)(=O)c2ccccc2)cc1. The number of nitrogens with one attached hydrogen (secondary N) is 2. The van der Waals surface area contributed by atoms with Crippen molar-refractivity contribution in [3.05, 3.63) is 114 Å². The minimum absolute atomic E-state index is 0.0304. The second-order valence-corrected chi connectivity index (χ2v) is 11.9. The Balaban J connectivity index is 1.54. The largest absolute Gasteiger partial charge is 0.322 e. The molecule has 4 aromatic carbocycles. The van der Waals surface area contributed by atoms with E-state index in [2.05, 4.69) is 10.0 Å². The Morgan fingerprint density at radius 1 is 0.703 bits per heavy atom. The van der Waals surface area contributed by atoms with E-state index in [1.165, 1.54) is 49.5 Å². The molecule has 37 heavy (non-hydrogen) atoms. The van der Waals surface area contributed by atoms with Crippen LogP contribution in [0.5, 0.6) is 0 Å². The summed E-state index contributed by atoms with van der Waals surface area (Å²) in [5, 5.41) is 2.71. The highest BCUT2D eigenvalue weighted by atomic mass is 32.2. The van der Waals surface area contributed by atoms with E-state index in [0.29, 0.717) is 11.4 Å². The van der Waals surface area contributed by atoms with Crippen LogP contribution in [0.4, 0.5) is 17.1 Å². The van der Waals surface area contributed by atoms with Crippen molar-refractivity contribution in [1.82, 2.24) is 0 Å². The molecule has 2 N–H and O–H groups in total. The Bertz CT molecular complexity index is 1640. The minimum Gasteiger partial charge on any atom is -0.322 e. The first-order valence-corrected chi connectivity index (χ1v) is 14.1. The molecule has 0 radical (unpaired) electrons. The van der Waals surface area contributed by atoms with Gasteiger partial charge in [-0.2, -0.15) is 0 Å². The van der Waals surface area contributed by atoms with E-state index in [1.54, 1.807) is 61.5 Å². The Morgan fingerprint density at radius 2 is 1.30 bits per heavy atom. The van der Waals surface area contributed by atoms with E-state index in [9.17, 15) is 21.6 Å². The quantitative estimate of drug-likeness (QED) is 0.334. The van der Waals surface area contributed by atoms with Crippen molar-refractivity contribution in [2.24, 2.45) is 0 Å². The van der Waals surface area contributed by atoms with Crippen LogP contribution in [0.15, 0.2) is 113 Å². The summed E-state index contributed by atoms with van der Waals surface area (Å²) in [4.78, 5) is 13.2. The van der Waals surface area contributed by atoms with E-state index in [4.69, 9.17) is 0 Å². The summed E-state index contributed by atoms with van der Waals surface area (Å²) in [5.74, 6) is -0.542. The molecule has 0 heterocycles. The van der Waals surface area contributed by atoms with Crippen LogP contribution in [0.1, 0.15) is 15.9 Å². The second kappa shape index (κ2) is 10.5. The highest BCUT2D eigenvalue weighted by molar-refractivity contribution is 7.93. The molecule has 0 aromatic heterocycles. The molecule has 1 amide bonds. The van der Waals surface area contributed by atoms with Gasteiger partial charge in [-0.15, -0.1) is 0 Å². The molecule has 0 fully saturated rings. The van der Waals surface area contributed by atoms with Gasteiger partial charge in [-0.3, -0.25) is 13.8 Å². The molecular weight excluding hydrogens is 510 g/mol. The van der Waals surface area contributed by atoms with Crippen molar-refractivity contribution in [3.63, 3.8) is 0 Å². The zero-order chi connectivity index (χ0) is 26.6. The van der Waals surface area contributed by atoms with Gasteiger partial charge in [0, 0.05) is 12.7 Å². The Labute approximate surface area is 216 Å². The second-order valence-electron chi connectivity index (χ2n) is 8.20. The van der Waals surface area contributed by atoms with Crippen LogP contribution < -0.4 is 14.3 Å². The average Bonchev–Trinajstić information content (AvgIpc) is 2.90. The molecule has 0 unspecified atom stereocenters. The number of sulfonamides is 2. The van der Waals surface area contributed by atoms with Gasteiger partial charge >= 0.3 is 0 Å². The van der Waals surface area contributed by atoms with Gasteiger partial charge < -0.3 is 5.32 Å². The van der Waals surface area contributed by atoms with E-state index in [1.807, 2.05) is 6.07 Å². The average molecular weight is 536 g/mol. The van der Waals surface area contributed by atoms with E-state index in [0.717, 1.165) is 9.87 Å². The summed E-state index contributed by atoms with van der Waals surface area (Å²) in [6.45, 7) is 1.80. The molecule has 4 aromatic rings. The number of amides is 1. The van der Waals surface area contributed by atoms with Gasteiger partial charge in [0.15, 0.2) is 0 Å². The predicted octanol–water partition coefficient (Wildman–Crippen LogP) is 4.87. The van der Waals surface area contributed by atoms with Crippen molar-refractivity contribution in [3.8, 4) is 0 Å².